The van der Waals surface area contributed by atoms with E-state index in [1.165, 1.54) is 0 Å². The molecule has 0 bridgehead atoms. The first-order chi connectivity index (χ1) is 9.38. The number of nitrogen functional groups attached to an aromatic ring is 1. The summed E-state index contributed by atoms with van der Waals surface area (Å²) in [5.41, 5.74) is 7.42. The van der Waals surface area contributed by atoms with Crippen LogP contribution in [0.25, 0.3) is 0 Å². The normalized spacial score (nSPS) is 10.3. The molecule has 0 amide bonds. The van der Waals surface area contributed by atoms with E-state index in [1.807, 2.05) is 19.9 Å². The predicted molar refractivity (Wildman–Crippen MR) is 73.8 cm³/mol. The number of halogens is 1. The minimum Gasteiger partial charge on any atom is -0.478 e. The van der Waals surface area contributed by atoms with Gasteiger partial charge in [0, 0.05) is 6.07 Å². The van der Waals surface area contributed by atoms with Crippen LogP contribution in [-0.2, 0) is 0 Å². The fourth-order valence-electron chi connectivity index (χ4n) is 1.73. The molecule has 2 aromatic carbocycles. The molecule has 2 rings (SSSR count). The van der Waals surface area contributed by atoms with Crippen LogP contribution < -0.4 is 10.5 Å². The number of aromatic carboxylic acids is 1. The first-order valence-corrected chi connectivity index (χ1v) is 5.96. The summed E-state index contributed by atoms with van der Waals surface area (Å²) in [6, 6.07) is 7.45. The minimum absolute atomic E-state index is 0.0713. The summed E-state index contributed by atoms with van der Waals surface area (Å²) in [4.78, 5) is 10.8. The van der Waals surface area contributed by atoms with Crippen LogP contribution in [0.1, 0.15) is 21.5 Å². The lowest BCUT2D eigenvalue weighted by Gasteiger charge is -2.11. The van der Waals surface area contributed by atoms with Crippen LogP contribution in [0.5, 0.6) is 11.5 Å². The monoisotopic (exact) mass is 275 g/mol. The van der Waals surface area contributed by atoms with Crippen LogP contribution in [0.3, 0.4) is 0 Å². The second-order valence-electron chi connectivity index (χ2n) is 4.52. The van der Waals surface area contributed by atoms with Crippen LogP contribution in [0, 0.1) is 19.7 Å². The summed E-state index contributed by atoms with van der Waals surface area (Å²) in [7, 11) is 0. The van der Waals surface area contributed by atoms with Gasteiger partial charge in [0.05, 0.1) is 11.3 Å². The van der Waals surface area contributed by atoms with Crippen LogP contribution in [0.4, 0.5) is 10.1 Å². The summed E-state index contributed by atoms with van der Waals surface area (Å²) in [6.07, 6.45) is 0. The molecule has 0 aliphatic rings. The number of rotatable bonds is 3. The lowest BCUT2D eigenvalue weighted by molar-refractivity contribution is 0.0692. The molecule has 3 N–H and O–H groups in total. The number of hydrogen-bond acceptors (Lipinski definition) is 3. The van der Waals surface area contributed by atoms with Crippen molar-refractivity contribution in [3.8, 4) is 11.5 Å². The highest BCUT2D eigenvalue weighted by molar-refractivity contribution is 5.89. The Morgan fingerprint density at radius 3 is 2.50 bits per heavy atom. The molecule has 0 heterocycles. The quantitative estimate of drug-likeness (QED) is 0.841. The fraction of sp³-hybridized carbons (Fsp3) is 0.133. The van der Waals surface area contributed by atoms with Crippen molar-refractivity contribution in [2.75, 3.05) is 5.73 Å². The summed E-state index contributed by atoms with van der Waals surface area (Å²) >= 11 is 0. The van der Waals surface area contributed by atoms with Crippen molar-refractivity contribution in [3.05, 3.63) is 52.8 Å². The van der Waals surface area contributed by atoms with Crippen LogP contribution in [0.15, 0.2) is 30.3 Å². The number of nitrogens with two attached hydrogens (primary N) is 1. The fourth-order valence-corrected chi connectivity index (χ4v) is 1.73. The Hall–Kier alpha value is -2.56. The molecule has 0 atom stereocenters. The van der Waals surface area contributed by atoms with Gasteiger partial charge in [-0.25, -0.2) is 9.18 Å². The molecule has 5 heteroatoms. The van der Waals surface area contributed by atoms with E-state index in [0.717, 1.165) is 23.3 Å². The van der Waals surface area contributed by atoms with Gasteiger partial charge in [-0.3, -0.25) is 0 Å². The topological polar surface area (TPSA) is 72.5 Å². The second-order valence-corrected chi connectivity index (χ2v) is 4.52. The van der Waals surface area contributed by atoms with Crippen LogP contribution in [-0.4, -0.2) is 11.1 Å². The molecule has 0 aliphatic heterocycles. The number of ether oxygens (including phenoxy) is 1. The highest BCUT2D eigenvalue weighted by Gasteiger charge is 2.15. The average Bonchev–Trinajstić information content (AvgIpc) is 2.37. The molecule has 4 nitrogen and oxygen atoms in total. The summed E-state index contributed by atoms with van der Waals surface area (Å²) in [5.74, 6) is -1.64. The number of benzene rings is 2. The van der Waals surface area contributed by atoms with Gasteiger partial charge in [0.1, 0.15) is 11.6 Å². The van der Waals surface area contributed by atoms with Crippen molar-refractivity contribution >= 4 is 11.7 Å². The Morgan fingerprint density at radius 2 is 1.90 bits per heavy atom. The van der Waals surface area contributed by atoms with Gasteiger partial charge in [-0.2, -0.15) is 0 Å². The third kappa shape index (κ3) is 2.71. The molecule has 0 aliphatic carbocycles. The van der Waals surface area contributed by atoms with Crippen molar-refractivity contribution in [1.29, 1.82) is 0 Å². The molecule has 0 saturated heterocycles. The van der Waals surface area contributed by atoms with E-state index in [4.69, 9.17) is 15.6 Å². The smallest absolute Gasteiger partial charge is 0.338 e. The SMILES string of the molecule is Cc1ccc(Oc2cc(F)c(C(=O)O)cc2N)cc1C. The Kier molecular flexibility index (Phi) is 3.61. The lowest BCUT2D eigenvalue weighted by Crippen LogP contribution is -2.03. The van der Waals surface area contributed by atoms with Gasteiger partial charge >= 0.3 is 5.97 Å². The van der Waals surface area contributed by atoms with Crippen molar-refractivity contribution in [1.82, 2.24) is 0 Å². The number of carbonyl (C=O) groups is 1. The van der Waals surface area contributed by atoms with Gasteiger partial charge in [-0.05, 0) is 43.2 Å². The summed E-state index contributed by atoms with van der Waals surface area (Å²) < 4.78 is 19.1. The molecule has 0 spiro atoms. The predicted octanol–water partition coefficient (Wildman–Crippen LogP) is 3.52. The van der Waals surface area contributed by atoms with Crippen LogP contribution >= 0.6 is 0 Å². The summed E-state index contributed by atoms with van der Waals surface area (Å²) in [5, 5.41) is 8.80. The first-order valence-electron chi connectivity index (χ1n) is 5.96. The van der Waals surface area contributed by atoms with E-state index in [0.29, 0.717) is 5.75 Å². The molecule has 0 fully saturated rings. The van der Waals surface area contributed by atoms with Gasteiger partial charge in [-0.15, -0.1) is 0 Å². The molecule has 2 aromatic rings. The minimum atomic E-state index is -1.37. The van der Waals surface area contributed by atoms with Crippen molar-refractivity contribution < 1.29 is 19.0 Å². The number of carboxylic acids is 1. The molecule has 0 unspecified atom stereocenters. The largest absolute Gasteiger partial charge is 0.478 e. The van der Waals surface area contributed by atoms with Gasteiger partial charge in [0.15, 0.2) is 5.75 Å². The third-order valence-electron chi connectivity index (χ3n) is 3.04. The molecule has 0 aromatic heterocycles. The third-order valence-corrected chi connectivity index (χ3v) is 3.04. The second kappa shape index (κ2) is 5.21. The van der Waals surface area contributed by atoms with E-state index >= 15 is 0 Å². The maximum absolute atomic E-state index is 13.6. The maximum Gasteiger partial charge on any atom is 0.338 e. The van der Waals surface area contributed by atoms with Crippen molar-refractivity contribution in [2.24, 2.45) is 0 Å². The molecular weight excluding hydrogens is 261 g/mol. The highest BCUT2D eigenvalue weighted by atomic mass is 19.1. The summed E-state index contributed by atoms with van der Waals surface area (Å²) in [6.45, 7) is 3.90. The van der Waals surface area contributed by atoms with E-state index in [1.54, 1.807) is 12.1 Å². The van der Waals surface area contributed by atoms with Gasteiger partial charge < -0.3 is 15.6 Å². The standard InChI is InChI=1S/C15H14FNO3/c1-8-3-4-10(5-9(8)2)20-14-7-12(16)11(15(18)19)6-13(14)17/h3-7H,17H2,1-2H3,(H,18,19). The van der Waals surface area contributed by atoms with Gasteiger partial charge in [-0.1, -0.05) is 6.07 Å². The Labute approximate surface area is 115 Å². The molecular formula is C15H14FNO3. The van der Waals surface area contributed by atoms with E-state index in [-0.39, 0.29) is 11.4 Å². The number of anilines is 1. The van der Waals surface area contributed by atoms with E-state index < -0.39 is 17.3 Å². The van der Waals surface area contributed by atoms with Gasteiger partial charge in [0.2, 0.25) is 0 Å². The van der Waals surface area contributed by atoms with Crippen molar-refractivity contribution in [3.63, 3.8) is 0 Å². The first kappa shape index (κ1) is 13.9. The Balaban J connectivity index is 2.36. The zero-order valence-electron chi connectivity index (χ0n) is 11.1. The number of carboxylic acid groups (broad SMARTS) is 1. The molecule has 0 saturated carbocycles. The molecule has 20 heavy (non-hydrogen) atoms. The maximum atomic E-state index is 13.6. The van der Waals surface area contributed by atoms with Gasteiger partial charge in [0.25, 0.3) is 0 Å². The number of aryl methyl sites for hydroxylation is 2. The molecule has 104 valence electrons. The highest BCUT2D eigenvalue weighted by Crippen LogP contribution is 2.30. The average molecular weight is 275 g/mol. The Bertz CT molecular complexity index is 683. The Morgan fingerprint density at radius 1 is 1.20 bits per heavy atom. The number of hydrogen-bond donors (Lipinski definition) is 2. The zero-order valence-corrected chi connectivity index (χ0v) is 11.1. The van der Waals surface area contributed by atoms with Crippen molar-refractivity contribution in [2.45, 2.75) is 13.8 Å². The lowest BCUT2D eigenvalue weighted by atomic mass is 10.1. The van der Waals surface area contributed by atoms with E-state index in [9.17, 15) is 9.18 Å². The zero-order chi connectivity index (χ0) is 14.9. The van der Waals surface area contributed by atoms with Crippen LogP contribution in [0.2, 0.25) is 0 Å². The van der Waals surface area contributed by atoms with E-state index in [2.05, 4.69) is 0 Å². The molecule has 0 radical (unpaired) electrons.